The lowest BCUT2D eigenvalue weighted by atomic mass is 10.2. The van der Waals surface area contributed by atoms with Gasteiger partial charge in [0.25, 0.3) is 5.91 Å². The summed E-state index contributed by atoms with van der Waals surface area (Å²) < 4.78 is 2.84. The summed E-state index contributed by atoms with van der Waals surface area (Å²) in [7, 11) is 5.85. The van der Waals surface area contributed by atoms with Crippen molar-refractivity contribution in [3.63, 3.8) is 0 Å². The highest BCUT2D eigenvalue weighted by Crippen LogP contribution is 2.24. The topological polar surface area (TPSA) is 75.4 Å². The van der Waals surface area contributed by atoms with Crippen molar-refractivity contribution in [2.45, 2.75) is 5.16 Å². The van der Waals surface area contributed by atoms with E-state index in [0.29, 0.717) is 5.16 Å². The molecular formula is C20H21BrN6OS. The maximum absolute atomic E-state index is 12.1. The van der Waals surface area contributed by atoms with Crippen molar-refractivity contribution in [2.75, 3.05) is 24.7 Å². The van der Waals surface area contributed by atoms with E-state index in [1.165, 1.54) is 11.8 Å². The van der Waals surface area contributed by atoms with Gasteiger partial charge in [0.2, 0.25) is 0 Å². The number of carbonyl (C=O) groups excluding carboxylic acids is 1. The molecule has 0 aliphatic rings. The summed E-state index contributed by atoms with van der Waals surface area (Å²) >= 11 is 4.77. The largest absolute Gasteiger partial charge is 0.378 e. The summed E-state index contributed by atoms with van der Waals surface area (Å²) in [6.07, 6.45) is 1.62. The third-order valence-corrected chi connectivity index (χ3v) is 5.58. The highest BCUT2D eigenvalue weighted by molar-refractivity contribution is 9.10. The zero-order valence-electron chi connectivity index (χ0n) is 16.3. The maximum Gasteiger partial charge on any atom is 0.250 e. The van der Waals surface area contributed by atoms with Gasteiger partial charge in [-0.05, 0) is 29.8 Å². The predicted octanol–water partition coefficient (Wildman–Crippen LogP) is 3.55. The molecule has 7 nitrogen and oxygen atoms in total. The minimum absolute atomic E-state index is 0.196. The Hall–Kier alpha value is -2.65. The van der Waals surface area contributed by atoms with Gasteiger partial charge in [-0.3, -0.25) is 4.79 Å². The van der Waals surface area contributed by atoms with Crippen molar-refractivity contribution in [3.8, 4) is 11.4 Å². The smallest absolute Gasteiger partial charge is 0.250 e. The number of carbonyl (C=O) groups is 1. The zero-order chi connectivity index (χ0) is 20.8. The van der Waals surface area contributed by atoms with Crippen LogP contribution in [0.1, 0.15) is 5.56 Å². The summed E-state index contributed by atoms with van der Waals surface area (Å²) in [4.78, 5) is 14.1. The molecule has 2 aromatic carbocycles. The molecule has 0 spiro atoms. The standard InChI is InChI=1S/C20H21BrN6OS/c1-26(2)17-9-7-14(8-10-17)12-22-23-18(28)13-29-20-25-24-19(27(20)3)15-5-4-6-16(21)11-15/h4-12H,13H2,1-3H3,(H,23,28)/b22-12-. The van der Waals surface area contributed by atoms with Crippen LogP contribution in [0.15, 0.2) is 63.3 Å². The third-order valence-electron chi connectivity index (χ3n) is 4.06. The highest BCUT2D eigenvalue weighted by Gasteiger charge is 2.13. The second kappa shape index (κ2) is 9.71. The van der Waals surface area contributed by atoms with E-state index in [1.54, 1.807) is 6.21 Å². The van der Waals surface area contributed by atoms with Crippen LogP contribution >= 0.6 is 27.7 Å². The summed E-state index contributed by atoms with van der Waals surface area (Å²) in [5.74, 6) is 0.734. The molecule has 0 atom stereocenters. The quantitative estimate of drug-likeness (QED) is 0.323. The van der Waals surface area contributed by atoms with Crippen LogP contribution in [0.4, 0.5) is 5.69 Å². The normalized spacial score (nSPS) is 11.0. The average Bonchev–Trinajstić information content (AvgIpc) is 3.07. The zero-order valence-corrected chi connectivity index (χ0v) is 18.7. The molecule has 9 heteroatoms. The predicted molar refractivity (Wildman–Crippen MR) is 121 cm³/mol. The molecule has 3 rings (SSSR count). The Labute approximate surface area is 182 Å². The third kappa shape index (κ3) is 5.68. The molecule has 1 aromatic heterocycles. The number of nitrogens with zero attached hydrogens (tertiary/aromatic N) is 5. The van der Waals surface area contributed by atoms with Crippen molar-refractivity contribution in [1.82, 2.24) is 20.2 Å². The van der Waals surface area contributed by atoms with Gasteiger partial charge >= 0.3 is 0 Å². The lowest BCUT2D eigenvalue weighted by molar-refractivity contribution is -0.118. The second-order valence-corrected chi connectivity index (χ2v) is 8.30. The van der Waals surface area contributed by atoms with Gasteiger partial charge in [-0.15, -0.1) is 10.2 Å². The number of hydrogen-bond donors (Lipinski definition) is 1. The van der Waals surface area contributed by atoms with E-state index in [1.807, 2.05) is 79.1 Å². The first kappa shape index (κ1) is 21.1. The SMILES string of the molecule is CN(C)c1ccc(/C=N\NC(=O)CSc2nnc(-c3cccc(Br)c3)n2C)cc1. The van der Waals surface area contributed by atoms with E-state index in [-0.39, 0.29) is 11.7 Å². The molecule has 0 saturated carbocycles. The number of benzene rings is 2. The minimum atomic E-state index is -0.205. The van der Waals surface area contributed by atoms with Crippen LogP contribution in [0.25, 0.3) is 11.4 Å². The average molecular weight is 473 g/mol. The van der Waals surface area contributed by atoms with Gasteiger partial charge in [-0.1, -0.05) is 52.0 Å². The molecule has 0 fully saturated rings. The molecule has 1 N–H and O–H groups in total. The molecule has 0 aliphatic heterocycles. The van der Waals surface area contributed by atoms with Crippen molar-refractivity contribution in [3.05, 3.63) is 58.6 Å². The van der Waals surface area contributed by atoms with Gasteiger partial charge < -0.3 is 9.47 Å². The fraction of sp³-hybridized carbons (Fsp3) is 0.200. The molecule has 0 bridgehead atoms. The van der Waals surface area contributed by atoms with Gasteiger partial charge in [0.1, 0.15) is 0 Å². The van der Waals surface area contributed by atoms with Crippen LogP contribution in [0, 0.1) is 0 Å². The molecule has 29 heavy (non-hydrogen) atoms. The van der Waals surface area contributed by atoms with Gasteiger partial charge in [0, 0.05) is 36.9 Å². The lowest BCUT2D eigenvalue weighted by Gasteiger charge is -2.11. The fourth-order valence-corrected chi connectivity index (χ4v) is 3.62. The van der Waals surface area contributed by atoms with E-state index in [0.717, 1.165) is 27.1 Å². The molecule has 0 radical (unpaired) electrons. The number of aromatic nitrogens is 3. The Morgan fingerprint density at radius 2 is 2.00 bits per heavy atom. The Bertz CT molecular complexity index is 1020. The van der Waals surface area contributed by atoms with E-state index >= 15 is 0 Å². The van der Waals surface area contributed by atoms with Gasteiger partial charge in [-0.2, -0.15) is 5.10 Å². The van der Waals surface area contributed by atoms with Crippen LogP contribution in [0.3, 0.4) is 0 Å². The lowest BCUT2D eigenvalue weighted by Crippen LogP contribution is -2.19. The van der Waals surface area contributed by atoms with Crippen LogP contribution in [-0.4, -0.2) is 46.7 Å². The second-order valence-electron chi connectivity index (χ2n) is 6.44. The first-order valence-corrected chi connectivity index (χ1v) is 10.6. The van der Waals surface area contributed by atoms with Gasteiger partial charge in [0.15, 0.2) is 11.0 Å². The Morgan fingerprint density at radius 3 is 2.69 bits per heavy atom. The molecule has 0 saturated heterocycles. The summed E-state index contributed by atoms with van der Waals surface area (Å²) in [6, 6.07) is 15.7. The molecule has 0 unspecified atom stereocenters. The van der Waals surface area contributed by atoms with Crippen LogP contribution in [0.2, 0.25) is 0 Å². The van der Waals surface area contributed by atoms with Crippen molar-refractivity contribution >= 4 is 45.5 Å². The van der Waals surface area contributed by atoms with Crippen LogP contribution in [-0.2, 0) is 11.8 Å². The van der Waals surface area contributed by atoms with E-state index in [9.17, 15) is 4.79 Å². The Kier molecular flexibility index (Phi) is 7.05. The number of hydrogen-bond acceptors (Lipinski definition) is 6. The first-order valence-electron chi connectivity index (χ1n) is 8.81. The van der Waals surface area contributed by atoms with Crippen LogP contribution in [0.5, 0.6) is 0 Å². The first-order chi connectivity index (χ1) is 13.9. The highest BCUT2D eigenvalue weighted by atomic mass is 79.9. The van der Waals surface area contributed by atoms with Crippen molar-refractivity contribution in [2.24, 2.45) is 12.1 Å². The fourth-order valence-electron chi connectivity index (χ4n) is 2.52. The van der Waals surface area contributed by atoms with E-state index < -0.39 is 0 Å². The number of thioether (sulfide) groups is 1. The molecule has 0 aliphatic carbocycles. The Balaban J connectivity index is 1.53. The van der Waals surface area contributed by atoms with Crippen molar-refractivity contribution < 1.29 is 4.79 Å². The van der Waals surface area contributed by atoms with E-state index in [2.05, 4.69) is 36.7 Å². The number of anilines is 1. The monoisotopic (exact) mass is 472 g/mol. The summed E-state index contributed by atoms with van der Waals surface area (Å²) in [5.41, 5.74) is 5.51. The number of halogens is 1. The van der Waals surface area contributed by atoms with Gasteiger partial charge in [0.05, 0.1) is 12.0 Å². The molecule has 150 valence electrons. The number of nitrogens with one attached hydrogen (secondary N) is 1. The summed E-state index contributed by atoms with van der Waals surface area (Å²) in [5, 5.41) is 13.1. The maximum atomic E-state index is 12.1. The summed E-state index contributed by atoms with van der Waals surface area (Å²) in [6.45, 7) is 0. The van der Waals surface area contributed by atoms with Crippen molar-refractivity contribution in [1.29, 1.82) is 0 Å². The molecule has 1 heterocycles. The van der Waals surface area contributed by atoms with Gasteiger partial charge in [-0.25, -0.2) is 5.43 Å². The molecular weight excluding hydrogens is 452 g/mol. The number of hydrazone groups is 1. The van der Waals surface area contributed by atoms with Crippen LogP contribution < -0.4 is 10.3 Å². The Morgan fingerprint density at radius 1 is 1.24 bits per heavy atom. The minimum Gasteiger partial charge on any atom is -0.378 e. The number of amides is 1. The van der Waals surface area contributed by atoms with E-state index in [4.69, 9.17) is 0 Å². The number of rotatable bonds is 7. The molecule has 1 amide bonds. The molecule has 3 aromatic rings.